The predicted octanol–water partition coefficient (Wildman–Crippen LogP) is 2.55. The lowest BCUT2D eigenvalue weighted by Gasteiger charge is -2.19. The SMILES string of the molecule is Cc1nc2c(c(NCCOc3cccnc3)n1)CCCC2. The van der Waals surface area contributed by atoms with E-state index in [4.69, 9.17) is 4.74 Å². The quantitative estimate of drug-likeness (QED) is 0.855. The second-order valence-electron chi connectivity index (χ2n) is 5.22. The number of nitrogens with zero attached hydrogens (tertiary/aromatic N) is 3. The van der Waals surface area contributed by atoms with Gasteiger partial charge in [0.25, 0.3) is 0 Å². The third kappa shape index (κ3) is 3.48. The van der Waals surface area contributed by atoms with Crippen LogP contribution in [0.1, 0.15) is 29.9 Å². The molecule has 0 saturated heterocycles. The molecule has 0 fully saturated rings. The third-order valence-corrected chi connectivity index (χ3v) is 3.59. The Labute approximate surface area is 124 Å². The average molecular weight is 284 g/mol. The van der Waals surface area contributed by atoms with Crippen molar-refractivity contribution in [2.75, 3.05) is 18.5 Å². The number of nitrogens with one attached hydrogen (secondary N) is 1. The summed E-state index contributed by atoms with van der Waals surface area (Å²) in [7, 11) is 0. The van der Waals surface area contributed by atoms with Crippen molar-refractivity contribution >= 4 is 5.82 Å². The number of hydrogen-bond donors (Lipinski definition) is 1. The van der Waals surface area contributed by atoms with Crippen LogP contribution in [0.5, 0.6) is 5.75 Å². The summed E-state index contributed by atoms with van der Waals surface area (Å²) >= 11 is 0. The van der Waals surface area contributed by atoms with Crippen LogP contribution in [0.2, 0.25) is 0 Å². The van der Waals surface area contributed by atoms with E-state index in [9.17, 15) is 0 Å². The zero-order valence-corrected chi connectivity index (χ0v) is 12.3. The van der Waals surface area contributed by atoms with Gasteiger partial charge in [-0.05, 0) is 44.7 Å². The van der Waals surface area contributed by atoms with Crippen LogP contribution in [-0.2, 0) is 12.8 Å². The molecule has 5 heteroatoms. The first-order chi connectivity index (χ1) is 10.3. The maximum absolute atomic E-state index is 5.63. The second-order valence-corrected chi connectivity index (χ2v) is 5.22. The predicted molar refractivity (Wildman–Crippen MR) is 81.6 cm³/mol. The Morgan fingerprint density at radius 1 is 1.24 bits per heavy atom. The Balaban J connectivity index is 1.59. The van der Waals surface area contributed by atoms with Crippen molar-refractivity contribution in [1.82, 2.24) is 15.0 Å². The van der Waals surface area contributed by atoms with Crippen LogP contribution < -0.4 is 10.1 Å². The maximum atomic E-state index is 5.63. The van der Waals surface area contributed by atoms with E-state index in [1.54, 1.807) is 12.4 Å². The molecular formula is C16H20N4O. The zero-order chi connectivity index (χ0) is 14.5. The Hall–Kier alpha value is -2.17. The van der Waals surface area contributed by atoms with Crippen LogP contribution in [0, 0.1) is 6.92 Å². The standard InChI is InChI=1S/C16H20N4O/c1-12-19-15-7-3-2-6-14(15)16(20-12)18-9-10-21-13-5-4-8-17-11-13/h4-5,8,11H,2-3,6-7,9-10H2,1H3,(H,18,19,20). The molecule has 0 aromatic carbocycles. The molecule has 1 aliphatic rings. The van der Waals surface area contributed by atoms with Gasteiger partial charge in [0.05, 0.1) is 12.7 Å². The fourth-order valence-electron chi connectivity index (χ4n) is 2.63. The minimum absolute atomic E-state index is 0.587. The number of anilines is 1. The first-order valence-electron chi connectivity index (χ1n) is 7.46. The van der Waals surface area contributed by atoms with Crippen molar-refractivity contribution in [1.29, 1.82) is 0 Å². The van der Waals surface area contributed by atoms with E-state index >= 15 is 0 Å². The van der Waals surface area contributed by atoms with Crippen LogP contribution >= 0.6 is 0 Å². The van der Waals surface area contributed by atoms with E-state index < -0.39 is 0 Å². The summed E-state index contributed by atoms with van der Waals surface area (Å²) in [6.07, 6.45) is 8.05. The van der Waals surface area contributed by atoms with Gasteiger partial charge in [0.15, 0.2) is 0 Å². The lowest BCUT2D eigenvalue weighted by molar-refractivity contribution is 0.331. The number of hydrogen-bond acceptors (Lipinski definition) is 5. The summed E-state index contributed by atoms with van der Waals surface area (Å²) in [4.78, 5) is 13.1. The highest BCUT2D eigenvalue weighted by molar-refractivity contribution is 5.47. The van der Waals surface area contributed by atoms with Gasteiger partial charge in [0.2, 0.25) is 0 Å². The minimum Gasteiger partial charge on any atom is -0.490 e. The van der Waals surface area contributed by atoms with Crippen LogP contribution in [0.4, 0.5) is 5.82 Å². The summed E-state index contributed by atoms with van der Waals surface area (Å²) in [6.45, 7) is 3.26. The van der Waals surface area contributed by atoms with Crippen molar-refractivity contribution in [3.63, 3.8) is 0 Å². The second kappa shape index (κ2) is 6.52. The van der Waals surface area contributed by atoms with Crippen LogP contribution in [0.25, 0.3) is 0 Å². The fraction of sp³-hybridized carbons (Fsp3) is 0.438. The highest BCUT2D eigenvalue weighted by Gasteiger charge is 2.16. The summed E-state index contributed by atoms with van der Waals surface area (Å²) in [5, 5.41) is 3.39. The highest BCUT2D eigenvalue weighted by Crippen LogP contribution is 2.25. The molecule has 0 radical (unpaired) electrons. The number of fused-ring (bicyclic) bond motifs is 1. The van der Waals surface area contributed by atoms with Gasteiger partial charge in [0, 0.05) is 17.5 Å². The summed E-state index contributed by atoms with van der Waals surface area (Å²) in [6, 6.07) is 3.77. The van der Waals surface area contributed by atoms with E-state index in [1.165, 1.54) is 24.1 Å². The van der Waals surface area contributed by atoms with Crippen LogP contribution in [-0.4, -0.2) is 28.1 Å². The molecule has 0 bridgehead atoms. The first kappa shape index (κ1) is 13.8. The molecule has 0 spiro atoms. The Morgan fingerprint density at radius 3 is 3.00 bits per heavy atom. The summed E-state index contributed by atoms with van der Waals surface area (Å²) in [5.41, 5.74) is 2.50. The molecule has 21 heavy (non-hydrogen) atoms. The maximum Gasteiger partial charge on any atom is 0.137 e. The van der Waals surface area contributed by atoms with E-state index in [-0.39, 0.29) is 0 Å². The Morgan fingerprint density at radius 2 is 2.14 bits per heavy atom. The van der Waals surface area contributed by atoms with Gasteiger partial charge in [-0.25, -0.2) is 9.97 Å². The van der Waals surface area contributed by atoms with E-state index in [0.29, 0.717) is 6.61 Å². The fourth-order valence-corrected chi connectivity index (χ4v) is 2.63. The largest absolute Gasteiger partial charge is 0.490 e. The number of aryl methyl sites for hydroxylation is 2. The third-order valence-electron chi connectivity index (χ3n) is 3.59. The van der Waals surface area contributed by atoms with Gasteiger partial charge in [-0.3, -0.25) is 4.98 Å². The first-order valence-corrected chi connectivity index (χ1v) is 7.46. The normalized spacial score (nSPS) is 13.6. The Kier molecular flexibility index (Phi) is 4.28. The molecule has 1 N–H and O–H groups in total. The van der Waals surface area contributed by atoms with Crippen molar-refractivity contribution in [3.8, 4) is 5.75 Å². The molecule has 2 aromatic rings. The molecule has 1 aliphatic carbocycles. The zero-order valence-electron chi connectivity index (χ0n) is 12.3. The molecule has 110 valence electrons. The van der Waals surface area contributed by atoms with Gasteiger partial charge >= 0.3 is 0 Å². The lowest BCUT2D eigenvalue weighted by Crippen LogP contribution is -2.17. The van der Waals surface area contributed by atoms with E-state index in [1.807, 2.05) is 19.1 Å². The molecule has 0 unspecified atom stereocenters. The topological polar surface area (TPSA) is 59.9 Å². The molecule has 2 aromatic heterocycles. The number of pyridine rings is 1. The van der Waals surface area contributed by atoms with Crippen LogP contribution in [0.15, 0.2) is 24.5 Å². The monoisotopic (exact) mass is 284 g/mol. The smallest absolute Gasteiger partial charge is 0.137 e. The number of aromatic nitrogens is 3. The molecular weight excluding hydrogens is 264 g/mol. The highest BCUT2D eigenvalue weighted by atomic mass is 16.5. The van der Waals surface area contributed by atoms with Gasteiger partial charge < -0.3 is 10.1 Å². The number of rotatable bonds is 5. The van der Waals surface area contributed by atoms with Gasteiger partial charge in [-0.2, -0.15) is 0 Å². The molecule has 2 heterocycles. The van der Waals surface area contributed by atoms with Crippen molar-refractivity contribution in [2.24, 2.45) is 0 Å². The number of ether oxygens (including phenoxy) is 1. The minimum atomic E-state index is 0.587. The molecule has 0 atom stereocenters. The molecule has 5 nitrogen and oxygen atoms in total. The van der Waals surface area contributed by atoms with E-state index in [0.717, 1.165) is 36.8 Å². The van der Waals surface area contributed by atoms with Crippen LogP contribution in [0.3, 0.4) is 0 Å². The van der Waals surface area contributed by atoms with Crippen molar-refractivity contribution < 1.29 is 4.74 Å². The molecule has 0 saturated carbocycles. The molecule has 0 aliphatic heterocycles. The van der Waals surface area contributed by atoms with Crippen molar-refractivity contribution in [3.05, 3.63) is 41.6 Å². The molecule has 3 rings (SSSR count). The lowest BCUT2D eigenvalue weighted by atomic mass is 9.96. The van der Waals surface area contributed by atoms with E-state index in [2.05, 4.69) is 20.3 Å². The van der Waals surface area contributed by atoms with Gasteiger partial charge in [-0.15, -0.1) is 0 Å². The van der Waals surface area contributed by atoms with Gasteiger partial charge in [0.1, 0.15) is 24.0 Å². The van der Waals surface area contributed by atoms with Crippen molar-refractivity contribution in [2.45, 2.75) is 32.6 Å². The summed E-state index contributed by atoms with van der Waals surface area (Å²) < 4.78 is 5.63. The average Bonchev–Trinajstić information content (AvgIpc) is 2.52. The van der Waals surface area contributed by atoms with Gasteiger partial charge in [-0.1, -0.05) is 0 Å². The Bertz CT molecular complexity index is 601. The summed E-state index contributed by atoms with van der Waals surface area (Å²) in [5.74, 6) is 2.61. The molecule has 0 amide bonds.